The van der Waals surface area contributed by atoms with E-state index < -0.39 is 17.5 Å². The number of rotatable bonds is 2. The van der Waals surface area contributed by atoms with Crippen LogP contribution in [0, 0.1) is 17.5 Å². The first-order valence-electron chi connectivity index (χ1n) is 4.08. The van der Waals surface area contributed by atoms with Crippen molar-refractivity contribution in [3.05, 3.63) is 29.6 Å². The SMILES string of the molecule is Fc1ccc(NC2CC2)c(F)c1F. The molecule has 70 valence electrons. The van der Waals surface area contributed by atoms with Crippen molar-refractivity contribution in [3.8, 4) is 0 Å². The van der Waals surface area contributed by atoms with Crippen LogP contribution < -0.4 is 5.32 Å². The van der Waals surface area contributed by atoms with Crippen molar-refractivity contribution in [2.75, 3.05) is 5.32 Å². The largest absolute Gasteiger partial charge is 0.380 e. The maximum Gasteiger partial charge on any atom is 0.196 e. The predicted molar refractivity (Wildman–Crippen MR) is 43.0 cm³/mol. The van der Waals surface area contributed by atoms with Crippen molar-refractivity contribution < 1.29 is 13.2 Å². The van der Waals surface area contributed by atoms with Gasteiger partial charge in [0.05, 0.1) is 5.69 Å². The fourth-order valence-electron chi connectivity index (χ4n) is 1.08. The number of hydrogen-bond acceptors (Lipinski definition) is 1. The Bertz CT molecular complexity index is 334. The first kappa shape index (κ1) is 8.41. The molecule has 1 saturated carbocycles. The Morgan fingerprint density at radius 3 is 2.38 bits per heavy atom. The number of hydrogen-bond donors (Lipinski definition) is 1. The lowest BCUT2D eigenvalue weighted by molar-refractivity contribution is 0.449. The van der Waals surface area contributed by atoms with Crippen molar-refractivity contribution in [2.45, 2.75) is 18.9 Å². The maximum absolute atomic E-state index is 13.0. The molecule has 1 aromatic rings. The van der Waals surface area contributed by atoms with E-state index in [1.54, 1.807) is 0 Å². The zero-order valence-electron chi connectivity index (χ0n) is 6.78. The second-order valence-corrected chi connectivity index (χ2v) is 3.14. The minimum absolute atomic E-state index is 0.0430. The molecular weight excluding hydrogens is 179 g/mol. The third-order valence-corrected chi connectivity index (χ3v) is 1.97. The van der Waals surface area contributed by atoms with Crippen molar-refractivity contribution >= 4 is 5.69 Å². The van der Waals surface area contributed by atoms with Gasteiger partial charge in [0.15, 0.2) is 17.5 Å². The molecule has 1 aromatic carbocycles. The standard InChI is InChI=1S/C9H8F3N/c10-6-3-4-7(9(12)8(6)11)13-5-1-2-5/h3-5,13H,1-2H2. The summed E-state index contributed by atoms with van der Waals surface area (Å²) in [7, 11) is 0. The van der Waals surface area contributed by atoms with E-state index in [-0.39, 0.29) is 11.7 Å². The van der Waals surface area contributed by atoms with Crippen LogP contribution in [0.1, 0.15) is 12.8 Å². The molecule has 1 N–H and O–H groups in total. The van der Waals surface area contributed by atoms with E-state index in [9.17, 15) is 13.2 Å². The lowest BCUT2D eigenvalue weighted by atomic mass is 10.3. The average Bonchev–Trinajstić information content (AvgIpc) is 2.90. The average molecular weight is 187 g/mol. The number of nitrogens with one attached hydrogen (secondary N) is 1. The van der Waals surface area contributed by atoms with Crippen molar-refractivity contribution in [1.82, 2.24) is 0 Å². The first-order valence-corrected chi connectivity index (χ1v) is 4.08. The second kappa shape index (κ2) is 2.94. The summed E-state index contributed by atoms with van der Waals surface area (Å²) in [5, 5.41) is 2.77. The quantitative estimate of drug-likeness (QED) is 0.702. The Balaban J connectivity index is 2.29. The molecule has 0 unspecified atom stereocenters. The molecule has 0 amide bonds. The summed E-state index contributed by atoms with van der Waals surface area (Å²) in [6.45, 7) is 0. The van der Waals surface area contributed by atoms with Gasteiger partial charge in [-0.15, -0.1) is 0 Å². The fourth-order valence-corrected chi connectivity index (χ4v) is 1.08. The van der Waals surface area contributed by atoms with Crippen LogP contribution in [-0.4, -0.2) is 6.04 Å². The topological polar surface area (TPSA) is 12.0 Å². The molecule has 0 spiro atoms. The predicted octanol–water partition coefficient (Wildman–Crippen LogP) is 2.68. The molecular formula is C9H8F3N. The Morgan fingerprint density at radius 1 is 1.08 bits per heavy atom. The van der Waals surface area contributed by atoms with Crippen LogP contribution in [0.3, 0.4) is 0 Å². The smallest absolute Gasteiger partial charge is 0.196 e. The lowest BCUT2D eigenvalue weighted by Crippen LogP contribution is -2.05. The Labute approximate surface area is 73.6 Å². The Hall–Kier alpha value is -1.19. The van der Waals surface area contributed by atoms with Gasteiger partial charge in [-0.2, -0.15) is 0 Å². The lowest BCUT2D eigenvalue weighted by Gasteiger charge is -2.06. The third-order valence-electron chi connectivity index (χ3n) is 1.97. The third kappa shape index (κ3) is 1.61. The first-order chi connectivity index (χ1) is 6.18. The van der Waals surface area contributed by atoms with Crippen LogP contribution >= 0.6 is 0 Å². The van der Waals surface area contributed by atoms with Gasteiger partial charge in [0.2, 0.25) is 0 Å². The van der Waals surface area contributed by atoms with Crippen molar-refractivity contribution in [3.63, 3.8) is 0 Å². The molecule has 2 rings (SSSR count). The van der Waals surface area contributed by atoms with Crippen LogP contribution in [0.15, 0.2) is 12.1 Å². The number of anilines is 1. The van der Waals surface area contributed by atoms with E-state index in [1.165, 1.54) is 6.07 Å². The van der Waals surface area contributed by atoms with Crippen molar-refractivity contribution in [2.24, 2.45) is 0 Å². The van der Waals surface area contributed by atoms with Gasteiger partial charge in [-0.1, -0.05) is 0 Å². The highest BCUT2D eigenvalue weighted by Crippen LogP contribution is 2.27. The summed E-state index contributed by atoms with van der Waals surface area (Å²) in [6, 6.07) is 2.36. The zero-order chi connectivity index (χ0) is 9.42. The highest BCUT2D eigenvalue weighted by atomic mass is 19.2. The molecule has 13 heavy (non-hydrogen) atoms. The molecule has 0 atom stereocenters. The van der Waals surface area contributed by atoms with E-state index in [0.717, 1.165) is 18.9 Å². The minimum Gasteiger partial charge on any atom is -0.380 e. The van der Waals surface area contributed by atoms with E-state index in [2.05, 4.69) is 5.32 Å². The molecule has 1 nitrogen and oxygen atoms in total. The van der Waals surface area contributed by atoms with Gasteiger partial charge in [-0.25, -0.2) is 13.2 Å². The van der Waals surface area contributed by atoms with Crippen LogP contribution in [0.5, 0.6) is 0 Å². The second-order valence-electron chi connectivity index (χ2n) is 3.14. The summed E-state index contributed by atoms with van der Waals surface area (Å²) >= 11 is 0. The van der Waals surface area contributed by atoms with E-state index in [4.69, 9.17) is 0 Å². The highest BCUT2D eigenvalue weighted by molar-refractivity contribution is 5.47. The van der Waals surface area contributed by atoms with Gasteiger partial charge in [0.25, 0.3) is 0 Å². The van der Waals surface area contributed by atoms with Crippen LogP contribution in [0.4, 0.5) is 18.9 Å². The van der Waals surface area contributed by atoms with Crippen molar-refractivity contribution in [1.29, 1.82) is 0 Å². The van der Waals surface area contributed by atoms with Gasteiger partial charge >= 0.3 is 0 Å². The summed E-state index contributed by atoms with van der Waals surface area (Å²) < 4.78 is 38.1. The van der Waals surface area contributed by atoms with Gasteiger partial charge in [-0.3, -0.25) is 0 Å². The Kier molecular flexibility index (Phi) is 1.90. The van der Waals surface area contributed by atoms with Crippen LogP contribution in [0.25, 0.3) is 0 Å². The summed E-state index contributed by atoms with van der Waals surface area (Å²) in [4.78, 5) is 0. The molecule has 0 aliphatic heterocycles. The molecule has 0 bridgehead atoms. The summed E-state index contributed by atoms with van der Waals surface area (Å²) in [5.74, 6) is -3.70. The maximum atomic E-state index is 13.0. The molecule has 0 saturated heterocycles. The molecule has 4 heteroatoms. The van der Waals surface area contributed by atoms with Gasteiger partial charge in [0.1, 0.15) is 0 Å². The highest BCUT2D eigenvalue weighted by Gasteiger charge is 2.23. The molecule has 1 fully saturated rings. The normalized spacial score (nSPS) is 15.9. The Morgan fingerprint density at radius 2 is 1.77 bits per heavy atom. The van der Waals surface area contributed by atoms with Crippen LogP contribution in [-0.2, 0) is 0 Å². The number of benzene rings is 1. The fraction of sp³-hybridized carbons (Fsp3) is 0.333. The van der Waals surface area contributed by atoms with Gasteiger partial charge in [-0.05, 0) is 25.0 Å². The summed E-state index contributed by atoms with van der Waals surface area (Å²) in [6.07, 6.45) is 1.91. The molecule has 1 aliphatic carbocycles. The van der Waals surface area contributed by atoms with Crippen LogP contribution in [0.2, 0.25) is 0 Å². The molecule has 0 heterocycles. The van der Waals surface area contributed by atoms with Gasteiger partial charge < -0.3 is 5.32 Å². The number of halogens is 3. The van der Waals surface area contributed by atoms with Gasteiger partial charge in [0, 0.05) is 6.04 Å². The van der Waals surface area contributed by atoms with E-state index in [0.29, 0.717) is 0 Å². The zero-order valence-corrected chi connectivity index (χ0v) is 6.78. The molecule has 0 radical (unpaired) electrons. The minimum atomic E-state index is -1.41. The monoisotopic (exact) mass is 187 g/mol. The molecule has 0 aromatic heterocycles. The van der Waals surface area contributed by atoms with E-state index in [1.807, 2.05) is 0 Å². The van der Waals surface area contributed by atoms with E-state index >= 15 is 0 Å². The molecule has 1 aliphatic rings. The summed E-state index contributed by atoms with van der Waals surface area (Å²) in [5.41, 5.74) is 0.0430.